The minimum atomic E-state index is -4.19. The van der Waals surface area contributed by atoms with Crippen LogP contribution >= 0.6 is 15.9 Å². The third kappa shape index (κ3) is 19.3. The number of halogens is 4. The highest BCUT2D eigenvalue weighted by molar-refractivity contribution is 9.10. The van der Waals surface area contributed by atoms with Crippen LogP contribution in [0.4, 0.5) is 13.2 Å². The zero-order chi connectivity index (χ0) is 27.2. The minimum absolute atomic E-state index is 0.0683. The van der Waals surface area contributed by atoms with Crippen molar-refractivity contribution in [3.8, 4) is 5.75 Å². The van der Waals surface area contributed by atoms with Crippen molar-refractivity contribution in [1.82, 2.24) is 9.97 Å². The van der Waals surface area contributed by atoms with Gasteiger partial charge in [0, 0.05) is 34.0 Å². The molecule has 0 aromatic carbocycles. The van der Waals surface area contributed by atoms with E-state index in [4.69, 9.17) is 4.74 Å². The number of aryl methyl sites for hydroxylation is 2. The van der Waals surface area contributed by atoms with Crippen LogP contribution in [0.15, 0.2) is 57.9 Å². The van der Waals surface area contributed by atoms with Gasteiger partial charge >= 0.3 is 6.18 Å². The molecule has 1 aliphatic rings. The lowest BCUT2D eigenvalue weighted by Crippen LogP contribution is -2.14. The molecule has 2 aromatic rings. The molecule has 0 spiro atoms. The predicted molar refractivity (Wildman–Crippen MR) is 143 cm³/mol. The summed E-state index contributed by atoms with van der Waals surface area (Å²) < 4.78 is 41.7. The molecule has 1 aliphatic heterocycles. The third-order valence-corrected chi connectivity index (χ3v) is 4.03. The van der Waals surface area contributed by atoms with Crippen LogP contribution in [-0.4, -0.2) is 29.0 Å². The van der Waals surface area contributed by atoms with Crippen LogP contribution in [0, 0.1) is 13.8 Å². The number of ether oxygens (including phenoxy) is 1. The molecule has 0 N–H and O–H groups in total. The van der Waals surface area contributed by atoms with Gasteiger partial charge in [-0.1, -0.05) is 41.5 Å². The Morgan fingerprint density at radius 2 is 1.29 bits per heavy atom. The molecule has 4 nitrogen and oxygen atoms in total. The van der Waals surface area contributed by atoms with Gasteiger partial charge in [-0.3, -0.25) is 15.0 Å². The van der Waals surface area contributed by atoms with Gasteiger partial charge in [0.05, 0.1) is 18.9 Å². The molecule has 34 heavy (non-hydrogen) atoms. The molecule has 0 saturated heterocycles. The summed E-state index contributed by atoms with van der Waals surface area (Å²) in [6.07, 6.45) is 0.706. The summed E-state index contributed by atoms with van der Waals surface area (Å²) in [4.78, 5) is 11.7. The van der Waals surface area contributed by atoms with Gasteiger partial charge in [0.15, 0.2) is 0 Å². The average molecular weight is 549 g/mol. The van der Waals surface area contributed by atoms with Gasteiger partial charge in [0.25, 0.3) is 0 Å². The number of nitrogens with zero attached hydrogens (tertiary/aromatic N) is 3. The Labute approximate surface area is 212 Å². The fourth-order valence-corrected chi connectivity index (χ4v) is 2.11. The van der Waals surface area contributed by atoms with Gasteiger partial charge in [0.1, 0.15) is 5.75 Å². The van der Waals surface area contributed by atoms with Gasteiger partial charge < -0.3 is 4.74 Å². The number of aromatic nitrogens is 2. The maximum atomic E-state index is 11.9. The third-order valence-electron chi connectivity index (χ3n) is 3.56. The topological polar surface area (TPSA) is 47.4 Å². The Morgan fingerprint density at radius 1 is 0.794 bits per heavy atom. The van der Waals surface area contributed by atoms with E-state index in [1.807, 2.05) is 79.7 Å². The maximum absolute atomic E-state index is 11.9. The molecular formula is C26H41BrF3N3O. The smallest absolute Gasteiger partial charge is 0.414 e. The van der Waals surface area contributed by atoms with E-state index in [0.29, 0.717) is 6.42 Å². The zero-order valence-electron chi connectivity index (χ0n) is 22.2. The summed E-state index contributed by atoms with van der Waals surface area (Å²) in [5.74, 6) is 0.806. The van der Waals surface area contributed by atoms with Crippen molar-refractivity contribution in [2.75, 3.05) is 7.11 Å². The highest BCUT2D eigenvalue weighted by Gasteiger charge is 2.33. The van der Waals surface area contributed by atoms with Gasteiger partial charge in [-0.05, 0) is 73.8 Å². The van der Waals surface area contributed by atoms with Crippen molar-refractivity contribution < 1.29 is 17.9 Å². The molecule has 0 radical (unpaired) electrons. The first-order chi connectivity index (χ1) is 16.1. The van der Waals surface area contributed by atoms with Crippen molar-refractivity contribution in [3.63, 3.8) is 0 Å². The SMILES string of the molecule is CC.CC.CC.CC1=NC=C(C(F)(F)F)CC1.COc1ccc(C)nc1.Cc1ccc(Br)cn1. The van der Waals surface area contributed by atoms with Gasteiger partial charge in [-0.25, -0.2) is 0 Å². The quantitative estimate of drug-likeness (QED) is 0.357. The van der Waals surface area contributed by atoms with E-state index in [0.717, 1.165) is 33.5 Å². The van der Waals surface area contributed by atoms with Crippen LogP contribution in [0.2, 0.25) is 0 Å². The van der Waals surface area contributed by atoms with Crippen LogP contribution < -0.4 is 4.74 Å². The number of pyridine rings is 2. The first-order valence-corrected chi connectivity index (χ1v) is 12.3. The van der Waals surface area contributed by atoms with Crippen molar-refractivity contribution >= 4 is 21.6 Å². The van der Waals surface area contributed by atoms with E-state index in [-0.39, 0.29) is 6.42 Å². The summed E-state index contributed by atoms with van der Waals surface area (Å²) in [7, 11) is 1.63. The summed E-state index contributed by atoms with van der Waals surface area (Å²) in [5.41, 5.74) is 2.30. The number of alkyl halides is 3. The summed E-state index contributed by atoms with van der Waals surface area (Å²) >= 11 is 3.28. The van der Waals surface area contributed by atoms with Crippen LogP contribution in [0.3, 0.4) is 0 Å². The summed E-state index contributed by atoms with van der Waals surface area (Å²) in [6.45, 7) is 17.6. The van der Waals surface area contributed by atoms with E-state index in [1.165, 1.54) is 0 Å². The van der Waals surface area contributed by atoms with Gasteiger partial charge in [-0.2, -0.15) is 13.2 Å². The highest BCUT2D eigenvalue weighted by Crippen LogP contribution is 2.30. The predicted octanol–water partition coefficient (Wildman–Crippen LogP) is 9.32. The van der Waals surface area contributed by atoms with Crippen LogP contribution in [0.1, 0.15) is 72.7 Å². The lowest BCUT2D eigenvalue weighted by Gasteiger charge is -2.13. The monoisotopic (exact) mass is 547 g/mol. The first-order valence-electron chi connectivity index (χ1n) is 11.5. The van der Waals surface area contributed by atoms with Crippen LogP contribution in [-0.2, 0) is 0 Å². The molecule has 3 rings (SSSR count). The Balaban J connectivity index is -0.000000384. The van der Waals surface area contributed by atoms with E-state index in [9.17, 15) is 13.2 Å². The number of rotatable bonds is 1. The minimum Gasteiger partial charge on any atom is -0.495 e. The normalized spacial score (nSPS) is 11.4. The molecule has 2 aromatic heterocycles. The van der Waals surface area contributed by atoms with Gasteiger partial charge in [0.2, 0.25) is 0 Å². The fraction of sp³-hybridized carbons (Fsp3) is 0.500. The van der Waals surface area contributed by atoms with Crippen molar-refractivity contribution in [3.05, 3.63) is 64.3 Å². The van der Waals surface area contributed by atoms with E-state index >= 15 is 0 Å². The van der Waals surface area contributed by atoms with Crippen molar-refractivity contribution in [2.24, 2.45) is 4.99 Å². The second-order valence-corrected chi connectivity index (χ2v) is 6.89. The molecule has 0 unspecified atom stereocenters. The molecule has 0 aliphatic carbocycles. The van der Waals surface area contributed by atoms with E-state index in [2.05, 4.69) is 30.9 Å². The molecular weight excluding hydrogens is 507 g/mol. The molecule has 3 heterocycles. The van der Waals surface area contributed by atoms with E-state index < -0.39 is 11.7 Å². The fourth-order valence-electron chi connectivity index (χ4n) is 1.87. The van der Waals surface area contributed by atoms with E-state index in [1.54, 1.807) is 26.4 Å². The van der Waals surface area contributed by atoms with Crippen LogP contribution in [0.5, 0.6) is 5.75 Å². The Morgan fingerprint density at radius 3 is 1.59 bits per heavy atom. The number of hydrogen-bond donors (Lipinski definition) is 0. The van der Waals surface area contributed by atoms with Crippen molar-refractivity contribution in [1.29, 1.82) is 0 Å². The molecule has 0 atom stereocenters. The zero-order valence-corrected chi connectivity index (χ0v) is 23.8. The summed E-state index contributed by atoms with van der Waals surface area (Å²) in [6, 6.07) is 7.74. The molecule has 0 amide bonds. The first kappa shape index (κ1) is 36.4. The number of aliphatic imine (C=N–C) groups is 1. The molecule has 194 valence electrons. The maximum Gasteiger partial charge on any atom is 0.414 e. The Kier molecular flexibility index (Phi) is 24.1. The second kappa shape index (κ2) is 22.6. The average Bonchev–Trinajstić information content (AvgIpc) is 2.86. The molecule has 0 bridgehead atoms. The molecule has 8 heteroatoms. The lowest BCUT2D eigenvalue weighted by atomic mass is 10.1. The highest BCUT2D eigenvalue weighted by atomic mass is 79.9. The number of hydrogen-bond acceptors (Lipinski definition) is 4. The lowest BCUT2D eigenvalue weighted by molar-refractivity contribution is -0.0941. The second-order valence-electron chi connectivity index (χ2n) is 5.97. The summed E-state index contributed by atoms with van der Waals surface area (Å²) in [5, 5.41) is 0. The van der Waals surface area contributed by atoms with Gasteiger partial charge in [-0.15, -0.1) is 0 Å². The Hall–Kier alpha value is -2.22. The van der Waals surface area contributed by atoms with Crippen molar-refractivity contribution in [2.45, 2.75) is 81.3 Å². The number of methoxy groups -OCH3 is 1. The standard InChI is InChI=1S/C7H8F3N.C7H9NO.C6H6BrN.3C2H6/c1-5-2-3-6(4-11-5)7(8,9)10;1-6-3-4-7(9-2)5-8-6;1-5-2-3-6(7)4-8-5;3*1-2/h4H,2-3H2,1H3;3-5H,1-2H3;2-4H,1H3;3*1-2H3. The molecule has 0 fully saturated rings. The van der Waals surface area contributed by atoms with Crippen LogP contribution in [0.25, 0.3) is 0 Å². The largest absolute Gasteiger partial charge is 0.495 e. The number of allylic oxidation sites excluding steroid dienone is 1. The molecule has 0 saturated carbocycles. The Bertz CT molecular complexity index is 767.